The maximum atomic E-state index is 11.7. The molecule has 0 aliphatic rings. The van der Waals surface area contributed by atoms with Crippen molar-refractivity contribution in [2.45, 2.75) is 6.92 Å². The van der Waals surface area contributed by atoms with E-state index < -0.39 is 0 Å². The van der Waals surface area contributed by atoms with E-state index in [0.717, 1.165) is 5.56 Å². The molecule has 0 amide bonds. The number of allylic oxidation sites excluding steroid dienone is 1. The quantitative estimate of drug-likeness (QED) is 0.851. The molecule has 0 bridgehead atoms. The van der Waals surface area contributed by atoms with Crippen molar-refractivity contribution in [2.75, 3.05) is 6.54 Å². The summed E-state index contributed by atoms with van der Waals surface area (Å²) >= 11 is 11.7. The van der Waals surface area contributed by atoms with Crippen molar-refractivity contribution in [1.82, 2.24) is 0 Å². The first kappa shape index (κ1) is 14.0. The second kappa shape index (κ2) is 6.01. The van der Waals surface area contributed by atoms with Crippen LogP contribution in [0.5, 0.6) is 0 Å². The number of rotatable bonds is 4. The van der Waals surface area contributed by atoms with Gasteiger partial charge in [-0.05, 0) is 36.3 Å². The maximum absolute atomic E-state index is 11.7. The molecular formula is C13H13Cl2NO. The number of hydrogen-bond donors (Lipinski definition) is 1. The van der Waals surface area contributed by atoms with Crippen LogP contribution in [0.3, 0.4) is 0 Å². The van der Waals surface area contributed by atoms with Crippen molar-refractivity contribution in [3.8, 4) is 0 Å². The Bertz CT molecular complexity index is 492. The van der Waals surface area contributed by atoms with Gasteiger partial charge in [0.1, 0.15) is 0 Å². The van der Waals surface area contributed by atoms with Gasteiger partial charge in [0.2, 0.25) is 0 Å². The highest BCUT2D eigenvalue weighted by atomic mass is 35.5. The van der Waals surface area contributed by atoms with E-state index in [1.165, 1.54) is 0 Å². The average Bonchev–Trinajstić information content (AvgIpc) is 2.31. The topological polar surface area (TPSA) is 43.1 Å². The monoisotopic (exact) mass is 269 g/mol. The summed E-state index contributed by atoms with van der Waals surface area (Å²) in [7, 11) is 0. The van der Waals surface area contributed by atoms with Crippen LogP contribution in [0.1, 0.15) is 12.5 Å². The Morgan fingerprint density at radius 2 is 2.06 bits per heavy atom. The highest BCUT2D eigenvalue weighted by molar-refractivity contribution is 6.42. The molecule has 0 spiro atoms. The maximum Gasteiger partial charge on any atom is 0.185 e. The Hall–Kier alpha value is -1.09. The molecule has 90 valence electrons. The molecule has 0 radical (unpaired) electrons. The molecule has 1 aromatic carbocycles. The lowest BCUT2D eigenvalue weighted by Gasteiger charge is -2.03. The van der Waals surface area contributed by atoms with Gasteiger partial charge in [-0.2, -0.15) is 0 Å². The molecule has 1 aromatic rings. The van der Waals surface area contributed by atoms with Crippen LogP contribution >= 0.6 is 23.2 Å². The van der Waals surface area contributed by atoms with Gasteiger partial charge >= 0.3 is 0 Å². The summed E-state index contributed by atoms with van der Waals surface area (Å²) in [6.07, 6.45) is 1.73. The van der Waals surface area contributed by atoms with Crippen molar-refractivity contribution >= 4 is 35.1 Å². The average molecular weight is 270 g/mol. The highest BCUT2D eigenvalue weighted by Crippen LogP contribution is 2.23. The zero-order valence-electron chi connectivity index (χ0n) is 9.47. The summed E-state index contributed by atoms with van der Waals surface area (Å²) in [4.78, 5) is 11.7. The van der Waals surface area contributed by atoms with Gasteiger partial charge in [-0.3, -0.25) is 4.79 Å². The van der Waals surface area contributed by atoms with E-state index in [4.69, 9.17) is 28.9 Å². The van der Waals surface area contributed by atoms with Crippen LogP contribution in [-0.4, -0.2) is 12.3 Å². The summed E-state index contributed by atoms with van der Waals surface area (Å²) in [5.41, 5.74) is 7.13. The minimum atomic E-state index is -0.140. The minimum absolute atomic E-state index is 0.140. The zero-order valence-corrected chi connectivity index (χ0v) is 11.0. The smallest absolute Gasteiger partial charge is 0.185 e. The van der Waals surface area contributed by atoms with Crippen LogP contribution in [0.2, 0.25) is 10.0 Å². The molecule has 2 nitrogen and oxygen atoms in total. The highest BCUT2D eigenvalue weighted by Gasteiger charge is 2.08. The summed E-state index contributed by atoms with van der Waals surface area (Å²) in [5, 5.41) is 0.942. The van der Waals surface area contributed by atoms with E-state index in [9.17, 15) is 4.79 Å². The van der Waals surface area contributed by atoms with Crippen LogP contribution in [0, 0.1) is 0 Å². The van der Waals surface area contributed by atoms with Crippen molar-refractivity contribution in [1.29, 1.82) is 0 Å². The van der Waals surface area contributed by atoms with E-state index in [0.29, 0.717) is 21.2 Å². The third kappa shape index (κ3) is 3.70. The first-order valence-electron chi connectivity index (χ1n) is 5.01. The van der Waals surface area contributed by atoms with Gasteiger partial charge in [0.15, 0.2) is 5.78 Å². The molecule has 17 heavy (non-hydrogen) atoms. The Balaban J connectivity index is 2.98. The van der Waals surface area contributed by atoms with Crippen molar-refractivity contribution in [2.24, 2.45) is 5.73 Å². The van der Waals surface area contributed by atoms with Gasteiger partial charge < -0.3 is 5.73 Å². The summed E-state index contributed by atoms with van der Waals surface area (Å²) in [5.74, 6) is -0.140. The molecule has 0 heterocycles. The predicted molar refractivity (Wildman–Crippen MR) is 73.3 cm³/mol. The number of hydrogen-bond acceptors (Lipinski definition) is 2. The number of carbonyl (C=O) groups excluding carboxylic acids is 1. The number of Topliss-reactive ketones (excluding diaryl/α,β-unsaturated/α-hetero) is 1. The normalized spacial score (nSPS) is 11.4. The van der Waals surface area contributed by atoms with Crippen LogP contribution in [-0.2, 0) is 4.79 Å². The lowest BCUT2D eigenvalue weighted by atomic mass is 10.0. The molecule has 0 saturated carbocycles. The number of benzene rings is 1. The summed E-state index contributed by atoms with van der Waals surface area (Å²) in [6, 6.07) is 5.17. The first-order valence-corrected chi connectivity index (χ1v) is 5.77. The van der Waals surface area contributed by atoms with Crippen LogP contribution in [0.25, 0.3) is 6.08 Å². The van der Waals surface area contributed by atoms with Gasteiger partial charge in [-0.25, -0.2) is 0 Å². The second-order valence-corrected chi connectivity index (χ2v) is 4.45. The molecule has 4 heteroatoms. The van der Waals surface area contributed by atoms with Crippen molar-refractivity contribution in [3.63, 3.8) is 0 Å². The molecule has 0 fully saturated rings. The standard InChI is InChI=1S/C13H13Cl2NO/c1-8(13(17)9(2)7-16)5-10-3-4-11(14)12(15)6-10/h3-6H,2,7,16H2,1H3/b8-5+. The number of nitrogens with two attached hydrogens (primary N) is 1. The molecule has 0 aromatic heterocycles. The van der Waals surface area contributed by atoms with E-state index in [1.54, 1.807) is 31.2 Å². The van der Waals surface area contributed by atoms with Gasteiger partial charge in [0.05, 0.1) is 10.0 Å². The molecule has 0 unspecified atom stereocenters. The number of carbonyl (C=O) groups is 1. The Labute approximate surface area is 111 Å². The fourth-order valence-electron chi connectivity index (χ4n) is 1.29. The third-order valence-electron chi connectivity index (χ3n) is 2.25. The van der Waals surface area contributed by atoms with Gasteiger partial charge in [-0.1, -0.05) is 35.8 Å². The lowest BCUT2D eigenvalue weighted by molar-refractivity contribution is -0.112. The zero-order chi connectivity index (χ0) is 13.0. The predicted octanol–water partition coefficient (Wildman–Crippen LogP) is 3.48. The van der Waals surface area contributed by atoms with Crippen molar-refractivity contribution in [3.05, 3.63) is 51.5 Å². The SMILES string of the molecule is C=C(CN)C(=O)/C(C)=C/c1ccc(Cl)c(Cl)c1. The fourth-order valence-corrected chi connectivity index (χ4v) is 1.60. The van der Waals surface area contributed by atoms with Gasteiger partial charge in [-0.15, -0.1) is 0 Å². The van der Waals surface area contributed by atoms with E-state index in [2.05, 4.69) is 6.58 Å². The first-order chi connectivity index (χ1) is 7.95. The largest absolute Gasteiger partial charge is 0.326 e. The molecule has 0 saturated heterocycles. The number of ketones is 1. The van der Waals surface area contributed by atoms with Crippen LogP contribution < -0.4 is 5.73 Å². The number of halogens is 2. The molecule has 2 N–H and O–H groups in total. The Kier molecular flexibility index (Phi) is 4.94. The lowest BCUT2D eigenvalue weighted by Crippen LogP contribution is -2.12. The van der Waals surface area contributed by atoms with Crippen LogP contribution in [0.4, 0.5) is 0 Å². The molecule has 1 rings (SSSR count). The summed E-state index contributed by atoms with van der Waals surface area (Å²) in [6.45, 7) is 5.48. The second-order valence-electron chi connectivity index (χ2n) is 3.64. The molecule has 0 atom stereocenters. The van der Waals surface area contributed by atoms with Gasteiger partial charge in [0, 0.05) is 12.1 Å². The van der Waals surface area contributed by atoms with E-state index in [-0.39, 0.29) is 12.3 Å². The molecule has 0 aliphatic carbocycles. The van der Waals surface area contributed by atoms with Crippen LogP contribution in [0.15, 0.2) is 35.9 Å². The fraction of sp³-hybridized carbons (Fsp3) is 0.154. The Morgan fingerprint density at radius 3 is 2.59 bits per heavy atom. The Morgan fingerprint density at radius 1 is 1.41 bits per heavy atom. The molecule has 0 aliphatic heterocycles. The molecular weight excluding hydrogens is 257 g/mol. The minimum Gasteiger partial charge on any atom is -0.326 e. The van der Waals surface area contributed by atoms with Crippen molar-refractivity contribution < 1.29 is 4.79 Å². The summed E-state index contributed by atoms with van der Waals surface area (Å²) < 4.78 is 0. The third-order valence-corrected chi connectivity index (χ3v) is 2.99. The van der Waals surface area contributed by atoms with Gasteiger partial charge in [0.25, 0.3) is 0 Å². The van der Waals surface area contributed by atoms with E-state index >= 15 is 0 Å². The van der Waals surface area contributed by atoms with E-state index in [1.807, 2.05) is 0 Å².